The number of nitrogens with two attached hydrogens (primary N) is 2. The van der Waals surface area contributed by atoms with Crippen molar-refractivity contribution in [3.8, 4) is 0 Å². The summed E-state index contributed by atoms with van der Waals surface area (Å²) in [6, 6.07) is 0. The summed E-state index contributed by atoms with van der Waals surface area (Å²) in [5.41, 5.74) is 10.7. The second-order valence-corrected chi connectivity index (χ2v) is 2.95. The Labute approximate surface area is 78.2 Å². The lowest BCUT2D eigenvalue weighted by Crippen LogP contribution is -2.24. The van der Waals surface area contributed by atoms with E-state index in [4.69, 9.17) is 11.5 Å². The van der Waals surface area contributed by atoms with Crippen LogP contribution in [0.1, 0.15) is 5.69 Å². The minimum atomic E-state index is -0.702. The molecule has 13 heavy (non-hydrogen) atoms. The molecule has 70 valence electrons. The van der Waals surface area contributed by atoms with Gasteiger partial charge in [-0.25, -0.2) is 4.98 Å². The Morgan fingerprint density at radius 1 is 1.77 bits per heavy atom. The minimum Gasteiger partial charge on any atom is -0.398 e. The first-order valence-corrected chi connectivity index (χ1v) is 4.15. The quantitative estimate of drug-likeness (QED) is 0.510. The van der Waals surface area contributed by atoms with Crippen molar-refractivity contribution < 1.29 is 9.63 Å². The van der Waals surface area contributed by atoms with Gasteiger partial charge in [0.05, 0.1) is 0 Å². The third-order valence-electron chi connectivity index (χ3n) is 1.18. The summed E-state index contributed by atoms with van der Waals surface area (Å²) >= 11 is 1.20. The van der Waals surface area contributed by atoms with E-state index in [9.17, 15) is 4.79 Å². The topological polar surface area (TPSA) is 104 Å². The summed E-state index contributed by atoms with van der Waals surface area (Å²) < 4.78 is 0. The van der Waals surface area contributed by atoms with Crippen molar-refractivity contribution >= 4 is 28.1 Å². The van der Waals surface area contributed by atoms with Crippen LogP contribution in [0.25, 0.3) is 0 Å². The molecular formula is C6H8N4O2S. The predicted molar refractivity (Wildman–Crippen MR) is 49.3 cm³/mol. The number of nitrogens with zero attached hydrogens (tertiary/aromatic N) is 2. The van der Waals surface area contributed by atoms with Crippen LogP contribution in [0, 0.1) is 0 Å². The Hall–Kier alpha value is -1.63. The van der Waals surface area contributed by atoms with Gasteiger partial charge in [0.2, 0.25) is 0 Å². The van der Waals surface area contributed by atoms with Crippen LogP contribution in [-0.4, -0.2) is 23.7 Å². The molecule has 1 amide bonds. The van der Waals surface area contributed by atoms with Crippen LogP contribution in [0.3, 0.4) is 0 Å². The maximum Gasteiger partial charge on any atom is 0.273 e. The molecule has 6 nitrogen and oxygen atoms in total. The van der Waals surface area contributed by atoms with Gasteiger partial charge in [0.15, 0.2) is 10.8 Å². The van der Waals surface area contributed by atoms with E-state index in [1.807, 2.05) is 0 Å². The molecule has 0 atom stereocenters. The zero-order valence-corrected chi connectivity index (χ0v) is 7.67. The molecule has 1 rings (SSSR count). The second kappa shape index (κ2) is 3.85. The first kappa shape index (κ1) is 9.46. The van der Waals surface area contributed by atoms with E-state index in [1.54, 1.807) is 5.38 Å². The normalized spacial score (nSPS) is 11.3. The number of oxime groups is 1. The smallest absolute Gasteiger partial charge is 0.273 e. The number of hydrogen-bond acceptors (Lipinski definition) is 6. The highest BCUT2D eigenvalue weighted by Gasteiger charge is 2.14. The third-order valence-corrected chi connectivity index (χ3v) is 1.85. The lowest BCUT2D eigenvalue weighted by Gasteiger charge is -1.95. The van der Waals surface area contributed by atoms with Crippen molar-refractivity contribution in [1.29, 1.82) is 0 Å². The van der Waals surface area contributed by atoms with Crippen molar-refractivity contribution in [2.45, 2.75) is 0 Å². The fraction of sp³-hybridized carbons (Fsp3) is 0.167. The van der Waals surface area contributed by atoms with Crippen LogP contribution in [0.4, 0.5) is 5.13 Å². The number of amides is 1. The number of aromatic nitrogens is 1. The van der Waals surface area contributed by atoms with Gasteiger partial charge >= 0.3 is 0 Å². The molecule has 1 aromatic heterocycles. The highest BCUT2D eigenvalue weighted by atomic mass is 32.1. The van der Waals surface area contributed by atoms with Crippen LogP contribution in [0.15, 0.2) is 10.5 Å². The van der Waals surface area contributed by atoms with Crippen LogP contribution in [0.2, 0.25) is 0 Å². The van der Waals surface area contributed by atoms with E-state index in [0.29, 0.717) is 10.8 Å². The van der Waals surface area contributed by atoms with Crippen LogP contribution >= 0.6 is 11.3 Å². The average Bonchev–Trinajstić information content (AvgIpc) is 2.46. The summed E-state index contributed by atoms with van der Waals surface area (Å²) in [6.07, 6.45) is 0. The Morgan fingerprint density at radius 3 is 2.85 bits per heavy atom. The monoisotopic (exact) mass is 200 g/mol. The summed E-state index contributed by atoms with van der Waals surface area (Å²) in [5.74, 6) is -0.702. The lowest BCUT2D eigenvalue weighted by molar-refractivity contribution is -0.112. The van der Waals surface area contributed by atoms with Crippen LogP contribution < -0.4 is 11.5 Å². The predicted octanol–water partition coefficient (Wildman–Crippen LogP) is -0.439. The highest BCUT2D eigenvalue weighted by Crippen LogP contribution is 2.11. The largest absolute Gasteiger partial charge is 0.398 e. The van der Waals surface area contributed by atoms with Crippen molar-refractivity contribution in [2.24, 2.45) is 10.9 Å². The molecule has 0 fully saturated rings. The number of carbonyl (C=O) groups excluding carboxylic acids is 1. The molecule has 0 unspecified atom stereocenters. The second-order valence-electron chi connectivity index (χ2n) is 2.06. The standard InChI is InChI=1S/C6H8N4O2S/c1-12-10-4(5(7)11)3-2-13-6(8)9-3/h2H,1H3,(H2,7,11)(H2,8,9)/b10-4+. The maximum atomic E-state index is 10.8. The Balaban J connectivity index is 3.02. The molecule has 0 aliphatic carbocycles. The fourth-order valence-corrected chi connectivity index (χ4v) is 1.25. The summed E-state index contributed by atoms with van der Waals surface area (Å²) in [6.45, 7) is 0. The number of rotatable bonds is 3. The minimum absolute atomic E-state index is 0.0320. The molecule has 0 saturated carbocycles. The van der Waals surface area contributed by atoms with Gasteiger partial charge < -0.3 is 16.3 Å². The van der Waals surface area contributed by atoms with Gasteiger partial charge in [0, 0.05) is 5.38 Å². The fourth-order valence-electron chi connectivity index (χ4n) is 0.706. The highest BCUT2D eigenvalue weighted by molar-refractivity contribution is 7.13. The van der Waals surface area contributed by atoms with Gasteiger partial charge in [0.1, 0.15) is 12.8 Å². The molecule has 0 aliphatic rings. The summed E-state index contributed by atoms with van der Waals surface area (Å²) in [5, 5.41) is 5.37. The molecule has 0 spiro atoms. The zero-order chi connectivity index (χ0) is 9.84. The molecule has 0 aromatic carbocycles. The van der Waals surface area contributed by atoms with E-state index in [-0.39, 0.29) is 5.71 Å². The molecule has 0 bridgehead atoms. The van der Waals surface area contributed by atoms with E-state index < -0.39 is 5.91 Å². The van der Waals surface area contributed by atoms with E-state index in [2.05, 4.69) is 15.0 Å². The molecule has 0 radical (unpaired) electrons. The van der Waals surface area contributed by atoms with Crippen molar-refractivity contribution in [1.82, 2.24) is 4.98 Å². The maximum absolute atomic E-state index is 10.8. The van der Waals surface area contributed by atoms with Crippen molar-refractivity contribution in [2.75, 3.05) is 12.8 Å². The van der Waals surface area contributed by atoms with Gasteiger partial charge in [0.25, 0.3) is 5.91 Å². The number of nitrogen functional groups attached to an aromatic ring is 1. The molecule has 1 heterocycles. The molecule has 7 heteroatoms. The lowest BCUT2D eigenvalue weighted by atomic mass is 10.3. The average molecular weight is 200 g/mol. The van der Waals surface area contributed by atoms with Gasteiger partial charge in [-0.3, -0.25) is 4.79 Å². The van der Waals surface area contributed by atoms with Gasteiger partial charge in [-0.2, -0.15) is 0 Å². The van der Waals surface area contributed by atoms with Crippen LogP contribution in [-0.2, 0) is 9.63 Å². The Bertz CT molecular complexity index is 346. The summed E-state index contributed by atoms with van der Waals surface area (Å²) in [4.78, 5) is 19.1. The number of anilines is 1. The first-order valence-electron chi connectivity index (χ1n) is 3.27. The number of thiazole rings is 1. The number of carbonyl (C=O) groups is 1. The van der Waals surface area contributed by atoms with Gasteiger partial charge in [-0.1, -0.05) is 5.16 Å². The van der Waals surface area contributed by atoms with E-state index >= 15 is 0 Å². The van der Waals surface area contributed by atoms with E-state index in [0.717, 1.165) is 0 Å². The van der Waals surface area contributed by atoms with Gasteiger partial charge in [-0.05, 0) is 0 Å². The summed E-state index contributed by atoms with van der Waals surface area (Å²) in [7, 11) is 1.32. The van der Waals surface area contributed by atoms with Crippen molar-refractivity contribution in [3.05, 3.63) is 11.1 Å². The van der Waals surface area contributed by atoms with Crippen molar-refractivity contribution in [3.63, 3.8) is 0 Å². The first-order chi connectivity index (χ1) is 6.15. The van der Waals surface area contributed by atoms with Gasteiger partial charge in [-0.15, -0.1) is 11.3 Å². The number of hydrogen-bond donors (Lipinski definition) is 2. The Kier molecular flexibility index (Phi) is 2.80. The zero-order valence-electron chi connectivity index (χ0n) is 6.85. The van der Waals surface area contributed by atoms with E-state index in [1.165, 1.54) is 18.4 Å². The molecule has 0 aliphatic heterocycles. The molecular weight excluding hydrogens is 192 g/mol. The molecule has 1 aromatic rings. The number of primary amides is 1. The Morgan fingerprint density at radius 2 is 2.46 bits per heavy atom. The molecule has 0 saturated heterocycles. The SMILES string of the molecule is CO/N=C(/C(N)=O)c1csc(N)n1. The third kappa shape index (κ3) is 2.15. The van der Waals surface area contributed by atoms with Crippen LogP contribution in [0.5, 0.6) is 0 Å². The molecule has 4 N–H and O–H groups in total.